The molecule has 0 aromatic heterocycles. The molecule has 0 aliphatic carbocycles. The highest BCUT2D eigenvalue weighted by Gasteiger charge is 2.23. The number of hydrogen-bond donors (Lipinski definition) is 1. The van der Waals surface area contributed by atoms with Crippen LogP contribution in [0.25, 0.3) is 0 Å². The zero-order valence-electron chi connectivity index (χ0n) is 13.4. The van der Waals surface area contributed by atoms with E-state index in [9.17, 15) is 0 Å². The van der Waals surface area contributed by atoms with Crippen molar-refractivity contribution in [3.05, 3.63) is 29.3 Å². The van der Waals surface area contributed by atoms with E-state index in [2.05, 4.69) is 36.7 Å². The Bertz CT molecular complexity index is 530. The molecule has 3 heteroatoms. The molecule has 21 heavy (non-hydrogen) atoms. The van der Waals surface area contributed by atoms with Crippen LogP contribution in [0.1, 0.15) is 37.8 Å². The van der Waals surface area contributed by atoms with Gasteiger partial charge in [-0.1, -0.05) is 18.8 Å². The molecule has 1 saturated heterocycles. The number of benzene rings is 1. The van der Waals surface area contributed by atoms with Gasteiger partial charge in [-0.05, 0) is 56.0 Å². The lowest BCUT2D eigenvalue weighted by atomic mass is 9.92. The fourth-order valence-electron chi connectivity index (χ4n) is 3.01. The molecule has 0 radical (unpaired) electrons. The summed E-state index contributed by atoms with van der Waals surface area (Å²) in [6.45, 7) is 7.14. The molecule has 2 atom stereocenters. The fraction of sp³-hybridized carbons (Fsp3) is 0.556. The van der Waals surface area contributed by atoms with Crippen LogP contribution in [0.4, 0.5) is 0 Å². The van der Waals surface area contributed by atoms with Gasteiger partial charge in [-0.25, -0.2) is 0 Å². The molecule has 1 aliphatic rings. The third kappa shape index (κ3) is 4.23. The van der Waals surface area contributed by atoms with Crippen molar-refractivity contribution in [3.63, 3.8) is 0 Å². The lowest BCUT2D eigenvalue weighted by Crippen LogP contribution is -2.39. The summed E-state index contributed by atoms with van der Waals surface area (Å²) in [5.41, 5.74) is 7.79. The molecule has 1 aromatic carbocycles. The summed E-state index contributed by atoms with van der Waals surface area (Å²) >= 11 is 0. The van der Waals surface area contributed by atoms with Gasteiger partial charge in [0.1, 0.15) is 5.75 Å². The Labute approximate surface area is 128 Å². The first kappa shape index (κ1) is 15.9. The van der Waals surface area contributed by atoms with Gasteiger partial charge in [0.15, 0.2) is 0 Å². The Morgan fingerprint density at radius 3 is 2.86 bits per heavy atom. The molecule has 1 aliphatic heterocycles. The Kier molecular flexibility index (Phi) is 5.67. The van der Waals surface area contributed by atoms with Gasteiger partial charge < -0.3 is 10.5 Å². The number of nitrogens with zero attached hydrogens (tertiary/aromatic N) is 1. The minimum Gasteiger partial charge on any atom is -0.497 e. The molecule has 0 amide bonds. The lowest BCUT2D eigenvalue weighted by molar-refractivity contribution is 0.122. The van der Waals surface area contributed by atoms with Gasteiger partial charge in [0.2, 0.25) is 0 Å². The average Bonchev–Trinajstić information content (AvgIpc) is 2.48. The van der Waals surface area contributed by atoms with Crippen LogP contribution < -0.4 is 10.5 Å². The molecule has 2 N–H and O–H groups in total. The number of ether oxygens (including phenoxy) is 1. The fourth-order valence-corrected chi connectivity index (χ4v) is 3.01. The molecule has 1 fully saturated rings. The van der Waals surface area contributed by atoms with E-state index in [-0.39, 0.29) is 0 Å². The molecule has 0 bridgehead atoms. The molecular formula is C18H26N2O. The maximum absolute atomic E-state index is 5.50. The summed E-state index contributed by atoms with van der Waals surface area (Å²) < 4.78 is 5.36. The highest BCUT2D eigenvalue weighted by Crippen LogP contribution is 2.26. The van der Waals surface area contributed by atoms with Gasteiger partial charge >= 0.3 is 0 Å². The second-order valence-electron chi connectivity index (χ2n) is 5.98. The van der Waals surface area contributed by atoms with E-state index in [4.69, 9.17) is 10.5 Å². The molecule has 0 saturated carbocycles. The third-order valence-electron chi connectivity index (χ3n) is 4.29. The minimum absolute atomic E-state index is 0.392. The van der Waals surface area contributed by atoms with Crippen LogP contribution in [0.2, 0.25) is 0 Å². The van der Waals surface area contributed by atoms with E-state index in [1.807, 2.05) is 12.1 Å². The average molecular weight is 286 g/mol. The number of methoxy groups -OCH3 is 1. The third-order valence-corrected chi connectivity index (χ3v) is 4.29. The molecule has 114 valence electrons. The van der Waals surface area contributed by atoms with Crippen molar-refractivity contribution < 1.29 is 4.74 Å². The van der Waals surface area contributed by atoms with Crippen molar-refractivity contribution in [1.29, 1.82) is 0 Å². The highest BCUT2D eigenvalue weighted by molar-refractivity contribution is 5.45. The minimum atomic E-state index is 0.392. The number of nitrogens with two attached hydrogens (primary N) is 1. The molecular weight excluding hydrogens is 260 g/mol. The van der Waals surface area contributed by atoms with Gasteiger partial charge in [-0.2, -0.15) is 0 Å². The Hall–Kier alpha value is -1.50. The summed E-state index contributed by atoms with van der Waals surface area (Å²) in [7, 11) is 1.70. The summed E-state index contributed by atoms with van der Waals surface area (Å²) in [5, 5.41) is 0. The van der Waals surface area contributed by atoms with Crippen LogP contribution in [0.5, 0.6) is 5.75 Å². The number of hydrogen-bond acceptors (Lipinski definition) is 3. The van der Waals surface area contributed by atoms with Gasteiger partial charge in [-0.3, -0.25) is 4.90 Å². The quantitative estimate of drug-likeness (QED) is 0.868. The zero-order valence-corrected chi connectivity index (χ0v) is 13.4. The van der Waals surface area contributed by atoms with Gasteiger partial charge in [0.25, 0.3) is 0 Å². The second-order valence-corrected chi connectivity index (χ2v) is 5.98. The smallest absolute Gasteiger partial charge is 0.119 e. The van der Waals surface area contributed by atoms with Crippen molar-refractivity contribution >= 4 is 0 Å². The summed E-state index contributed by atoms with van der Waals surface area (Å²) in [4.78, 5) is 2.54. The van der Waals surface area contributed by atoms with Crippen LogP contribution in [-0.4, -0.2) is 31.1 Å². The summed E-state index contributed by atoms with van der Waals surface area (Å²) in [6, 6.07) is 6.72. The van der Waals surface area contributed by atoms with Crippen molar-refractivity contribution in [2.45, 2.75) is 39.3 Å². The Morgan fingerprint density at radius 2 is 2.19 bits per heavy atom. The summed E-state index contributed by atoms with van der Waals surface area (Å²) in [6.07, 6.45) is 2.55. The second kappa shape index (κ2) is 7.49. The maximum atomic E-state index is 5.50. The molecule has 0 spiro atoms. The van der Waals surface area contributed by atoms with Crippen LogP contribution in [0.3, 0.4) is 0 Å². The van der Waals surface area contributed by atoms with E-state index in [0.29, 0.717) is 12.6 Å². The maximum Gasteiger partial charge on any atom is 0.119 e. The van der Waals surface area contributed by atoms with Crippen molar-refractivity contribution in [2.75, 3.05) is 20.2 Å². The van der Waals surface area contributed by atoms with Gasteiger partial charge in [0, 0.05) is 18.2 Å². The van der Waals surface area contributed by atoms with Crippen LogP contribution in [0, 0.1) is 17.8 Å². The van der Waals surface area contributed by atoms with Crippen molar-refractivity contribution in [3.8, 4) is 17.6 Å². The van der Waals surface area contributed by atoms with E-state index in [0.717, 1.165) is 30.3 Å². The van der Waals surface area contributed by atoms with Crippen LogP contribution in [0.15, 0.2) is 18.2 Å². The normalized spacial score (nSPS) is 22.5. The van der Waals surface area contributed by atoms with Gasteiger partial charge in [0.05, 0.1) is 13.7 Å². The van der Waals surface area contributed by atoms with E-state index >= 15 is 0 Å². The first-order valence-corrected chi connectivity index (χ1v) is 7.74. The van der Waals surface area contributed by atoms with Crippen LogP contribution >= 0.6 is 0 Å². The standard InChI is InChI=1S/C18H26N2O/c1-14-8-10-20(15(2)11-14)13-17-12-18(21-3)7-6-16(17)5-4-9-19/h6-7,12,14-15H,8-11,13,19H2,1-3H3. The molecule has 1 heterocycles. The van der Waals surface area contributed by atoms with Crippen LogP contribution in [-0.2, 0) is 6.54 Å². The topological polar surface area (TPSA) is 38.5 Å². The molecule has 3 nitrogen and oxygen atoms in total. The van der Waals surface area contributed by atoms with E-state index in [1.54, 1.807) is 7.11 Å². The highest BCUT2D eigenvalue weighted by atomic mass is 16.5. The Morgan fingerprint density at radius 1 is 1.38 bits per heavy atom. The number of likely N-dealkylation sites (tertiary alicyclic amines) is 1. The van der Waals surface area contributed by atoms with Gasteiger partial charge in [-0.15, -0.1) is 0 Å². The predicted octanol–water partition coefficient (Wildman–Crippen LogP) is 2.63. The van der Waals surface area contributed by atoms with Crippen molar-refractivity contribution in [2.24, 2.45) is 11.7 Å². The lowest BCUT2D eigenvalue weighted by Gasteiger charge is -2.36. The largest absolute Gasteiger partial charge is 0.497 e. The Balaban J connectivity index is 2.20. The molecule has 2 unspecified atom stereocenters. The van der Waals surface area contributed by atoms with Crippen molar-refractivity contribution in [1.82, 2.24) is 4.90 Å². The first-order chi connectivity index (χ1) is 10.1. The molecule has 1 aromatic rings. The van der Waals surface area contributed by atoms with E-state index in [1.165, 1.54) is 18.4 Å². The zero-order chi connectivity index (χ0) is 15.2. The van der Waals surface area contributed by atoms with E-state index < -0.39 is 0 Å². The monoisotopic (exact) mass is 286 g/mol. The first-order valence-electron chi connectivity index (χ1n) is 7.74. The molecule has 2 rings (SSSR count). The number of rotatable bonds is 3. The predicted molar refractivity (Wildman–Crippen MR) is 87.2 cm³/mol. The number of piperidine rings is 1. The SMILES string of the molecule is COc1ccc(C#CCN)c(CN2CCC(C)CC2C)c1. The summed E-state index contributed by atoms with van der Waals surface area (Å²) in [5.74, 6) is 7.86.